The van der Waals surface area contributed by atoms with Gasteiger partial charge in [0.15, 0.2) is 5.65 Å². The average molecular weight is 256 g/mol. The largest absolute Gasteiger partial charge is 0.496 e. The van der Waals surface area contributed by atoms with E-state index in [1.54, 1.807) is 20.4 Å². The highest BCUT2D eigenvalue weighted by Crippen LogP contribution is 2.36. The molecule has 0 aliphatic carbocycles. The Kier molecular flexibility index (Phi) is 2.75. The van der Waals surface area contributed by atoms with Crippen LogP contribution in [0, 0.1) is 0 Å². The van der Waals surface area contributed by atoms with E-state index < -0.39 is 0 Å². The number of rotatable bonds is 3. The first kappa shape index (κ1) is 11.5. The van der Waals surface area contributed by atoms with Crippen molar-refractivity contribution in [3.63, 3.8) is 0 Å². The maximum atomic E-state index is 5.36. The van der Waals surface area contributed by atoms with Gasteiger partial charge in [0.05, 0.1) is 20.4 Å². The van der Waals surface area contributed by atoms with Crippen molar-refractivity contribution in [1.29, 1.82) is 0 Å². The Hall–Kier alpha value is -2.63. The summed E-state index contributed by atoms with van der Waals surface area (Å²) in [6, 6.07) is 5.58. The Morgan fingerprint density at radius 1 is 1.11 bits per heavy atom. The van der Waals surface area contributed by atoms with Crippen molar-refractivity contribution in [2.24, 2.45) is 0 Å². The molecule has 96 valence electrons. The van der Waals surface area contributed by atoms with Gasteiger partial charge in [-0.1, -0.05) is 6.07 Å². The van der Waals surface area contributed by atoms with E-state index in [4.69, 9.17) is 9.47 Å². The zero-order chi connectivity index (χ0) is 13.2. The lowest BCUT2D eigenvalue weighted by atomic mass is 10.1. The van der Waals surface area contributed by atoms with Gasteiger partial charge in [0, 0.05) is 0 Å². The first-order valence-corrected chi connectivity index (χ1v) is 5.70. The van der Waals surface area contributed by atoms with Crippen LogP contribution in [0.25, 0.3) is 22.6 Å². The Balaban J connectivity index is 2.25. The molecule has 3 aromatic rings. The summed E-state index contributed by atoms with van der Waals surface area (Å²) in [5.41, 5.74) is 2.15. The highest BCUT2D eigenvalue weighted by atomic mass is 16.5. The monoisotopic (exact) mass is 256 g/mol. The van der Waals surface area contributed by atoms with Crippen LogP contribution in [0.4, 0.5) is 0 Å². The van der Waals surface area contributed by atoms with E-state index in [1.165, 1.54) is 6.33 Å². The van der Waals surface area contributed by atoms with Gasteiger partial charge in [-0.2, -0.15) is 0 Å². The fraction of sp³-hybridized carbons (Fsp3) is 0.154. The maximum absolute atomic E-state index is 5.36. The molecule has 0 saturated carbocycles. The van der Waals surface area contributed by atoms with Gasteiger partial charge in [-0.15, -0.1) is 0 Å². The quantitative estimate of drug-likeness (QED) is 0.776. The van der Waals surface area contributed by atoms with Gasteiger partial charge in [0.25, 0.3) is 0 Å². The number of ether oxygens (including phenoxy) is 2. The Bertz CT molecular complexity index is 668. The van der Waals surface area contributed by atoms with Gasteiger partial charge in [-0.25, -0.2) is 15.0 Å². The zero-order valence-corrected chi connectivity index (χ0v) is 10.5. The number of methoxy groups -OCH3 is 2. The van der Waals surface area contributed by atoms with Gasteiger partial charge < -0.3 is 14.5 Å². The lowest BCUT2D eigenvalue weighted by Gasteiger charge is -2.10. The number of imidazole rings is 1. The summed E-state index contributed by atoms with van der Waals surface area (Å²) >= 11 is 0. The molecule has 0 aliphatic heterocycles. The molecule has 0 fully saturated rings. The molecule has 0 aliphatic rings. The van der Waals surface area contributed by atoms with Crippen molar-refractivity contribution in [3.05, 3.63) is 30.7 Å². The Morgan fingerprint density at radius 2 is 1.84 bits per heavy atom. The summed E-state index contributed by atoms with van der Waals surface area (Å²) in [7, 11) is 3.22. The Morgan fingerprint density at radius 3 is 2.47 bits per heavy atom. The zero-order valence-electron chi connectivity index (χ0n) is 10.5. The van der Waals surface area contributed by atoms with E-state index in [0.29, 0.717) is 23.0 Å². The van der Waals surface area contributed by atoms with Crippen molar-refractivity contribution < 1.29 is 9.47 Å². The first-order valence-electron chi connectivity index (χ1n) is 5.70. The minimum Gasteiger partial charge on any atom is -0.496 e. The number of nitrogens with zero attached hydrogens (tertiary/aromatic N) is 3. The average Bonchev–Trinajstić information content (AvgIpc) is 2.89. The van der Waals surface area contributed by atoms with Crippen LogP contribution in [0.1, 0.15) is 0 Å². The van der Waals surface area contributed by atoms with Gasteiger partial charge >= 0.3 is 0 Å². The molecule has 2 heterocycles. The predicted octanol–water partition coefficient (Wildman–Crippen LogP) is 2.04. The van der Waals surface area contributed by atoms with E-state index in [1.807, 2.05) is 18.2 Å². The summed E-state index contributed by atoms with van der Waals surface area (Å²) in [5, 5.41) is 0. The molecule has 3 rings (SSSR count). The third-order valence-electron chi connectivity index (χ3n) is 2.83. The van der Waals surface area contributed by atoms with Crippen LogP contribution in [-0.4, -0.2) is 34.2 Å². The minimum atomic E-state index is 0.609. The molecule has 0 atom stereocenters. The molecule has 0 spiro atoms. The number of H-pyrrole nitrogens is 1. The van der Waals surface area contributed by atoms with Gasteiger partial charge in [0.1, 0.15) is 34.7 Å². The van der Waals surface area contributed by atoms with Crippen LogP contribution in [0.2, 0.25) is 0 Å². The maximum Gasteiger partial charge on any atom is 0.181 e. The second kappa shape index (κ2) is 4.56. The normalized spacial score (nSPS) is 10.6. The summed E-state index contributed by atoms with van der Waals surface area (Å²) in [6.45, 7) is 0. The van der Waals surface area contributed by atoms with Crippen molar-refractivity contribution in [1.82, 2.24) is 19.9 Å². The fourth-order valence-corrected chi connectivity index (χ4v) is 1.96. The molecular weight excluding hydrogens is 244 g/mol. The molecule has 0 radical (unpaired) electrons. The number of aromatic nitrogens is 4. The minimum absolute atomic E-state index is 0.609. The standard InChI is InChI=1S/C13H12N4O2/c1-18-9-4-3-5-10(19-2)11(9)13-16-8-6-14-7-15-12(8)17-13/h3-7H,1-2H3,(H,14,15,16,17). The van der Waals surface area contributed by atoms with Crippen LogP contribution in [0.15, 0.2) is 30.7 Å². The number of aromatic amines is 1. The molecule has 1 N–H and O–H groups in total. The molecular formula is C13H12N4O2. The molecule has 0 saturated heterocycles. The fourth-order valence-electron chi connectivity index (χ4n) is 1.96. The van der Waals surface area contributed by atoms with Gasteiger partial charge in [0.2, 0.25) is 0 Å². The van der Waals surface area contributed by atoms with Crippen LogP contribution >= 0.6 is 0 Å². The molecule has 0 bridgehead atoms. The predicted molar refractivity (Wildman–Crippen MR) is 70.2 cm³/mol. The molecule has 0 unspecified atom stereocenters. The second-order valence-electron chi connectivity index (χ2n) is 3.88. The van der Waals surface area contributed by atoms with E-state index >= 15 is 0 Å². The van der Waals surface area contributed by atoms with E-state index in [0.717, 1.165) is 11.1 Å². The third-order valence-corrected chi connectivity index (χ3v) is 2.83. The number of fused-ring (bicyclic) bond motifs is 1. The van der Waals surface area contributed by atoms with Crippen LogP contribution in [-0.2, 0) is 0 Å². The molecule has 2 aromatic heterocycles. The van der Waals surface area contributed by atoms with Crippen molar-refractivity contribution in [2.75, 3.05) is 14.2 Å². The first-order chi connectivity index (χ1) is 9.33. The van der Waals surface area contributed by atoms with Crippen molar-refractivity contribution in [2.45, 2.75) is 0 Å². The Labute approximate surface area is 109 Å². The summed E-state index contributed by atoms with van der Waals surface area (Å²) in [6.07, 6.45) is 3.15. The summed E-state index contributed by atoms with van der Waals surface area (Å²) < 4.78 is 10.7. The SMILES string of the molecule is COc1cccc(OC)c1-c1nc2ncncc2[nH]1. The molecule has 6 heteroatoms. The van der Waals surface area contributed by atoms with Crippen molar-refractivity contribution >= 4 is 11.2 Å². The van der Waals surface area contributed by atoms with E-state index in [2.05, 4.69) is 19.9 Å². The molecule has 19 heavy (non-hydrogen) atoms. The molecule has 6 nitrogen and oxygen atoms in total. The second-order valence-corrected chi connectivity index (χ2v) is 3.88. The van der Waals surface area contributed by atoms with Crippen LogP contribution < -0.4 is 9.47 Å². The number of hydrogen-bond donors (Lipinski definition) is 1. The van der Waals surface area contributed by atoms with Crippen LogP contribution in [0.3, 0.4) is 0 Å². The number of benzene rings is 1. The number of nitrogens with one attached hydrogen (secondary N) is 1. The number of hydrogen-bond acceptors (Lipinski definition) is 5. The molecule has 0 amide bonds. The highest BCUT2D eigenvalue weighted by Gasteiger charge is 2.16. The lowest BCUT2D eigenvalue weighted by molar-refractivity contribution is 0.397. The lowest BCUT2D eigenvalue weighted by Crippen LogP contribution is -1.93. The summed E-state index contributed by atoms with van der Waals surface area (Å²) in [5.74, 6) is 2.02. The highest BCUT2D eigenvalue weighted by molar-refractivity contribution is 5.79. The van der Waals surface area contributed by atoms with E-state index in [-0.39, 0.29) is 0 Å². The van der Waals surface area contributed by atoms with Crippen LogP contribution in [0.5, 0.6) is 11.5 Å². The smallest absolute Gasteiger partial charge is 0.181 e. The van der Waals surface area contributed by atoms with Crippen molar-refractivity contribution in [3.8, 4) is 22.9 Å². The van der Waals surface area contributed by atoms with E-state index in [9.17, 15) is 0 Å². The molecule has 1 aromatic carbocycles. The van der Waals surface area contributed by atoms with Gasteiger partial charge in [-0.3, -0.25) is 0 Å². The van der Waals surface area contributed by atoms with Gasteiger partial charge in [-0.05, 0) is 12.1 Å². The summed E-state index contributed by atoms with van der Waals surface area (Å²) in [4.78, 5) is 15.7. The topological polar surface area (TPSA) is 72.9 Å². The third kappa shape index (κ3) is 1.87.